The number of nitrogens with one attached hydrogen (secondary N) is 2. The first-order chi connectivity index (χ1) is 30.9. The molecule has 0 saturated carbocycles. The van der Waals surface area contributed by atoms with Gasteiger partial charge < -0.3 is 48.9 Å². The molecule has 1 aromatic carbocycles. The van der Waals surface area contributed by atoms with Gasteiger partial charge in [0, 0.05) is 47.4 Å². The van der Waals surface area contributed by atoms with E-state index in [0.29, 0.717) is 52.2 Å². The van der Waals surface area contributed by atoms with Gasteiger partial charge in [0.25, 0.3) is 0 Å². The average molecular weight is 920 g/mol. The van der Waals surface area contributed by atoms with Crippen LogP contribution in [0.15, 0.2) is 30.3 Å². The molecule has 2 unspecified atom stereocenters. The first-order valence-electron chi connectivity index (χ1n) is 23.7. The second kappa shape index (κ2) is 29.9. The Balaban J connectivity index is 2.24. The lowest BCUT2D eigenvalue weighted by molar-refractivity contribution is -0.151. The molecule has 372 valence electrons. The minimum Gasteiger partial charge on any atom is -0.462 e. The Kier molecular flexibility index (Phi) is 26.4. The fraction of sp³-hybridized carbons (Fsp3) is 0.776. The minimum atomic E-state index is -0.982. The number of nitrogens with zero attached hydrogens (tertiary/aromatic N) is 3. The van der Waals surface area contributed by atoms with E-state index in [2.05, 4.69) is 10.6 Å². The van der Waals surface area contributed by atoms with Gasteiger partial charge in [0.1, 0.15) is 18.7 Å². The van der Waals surface area contributed by atoms with E-state index < -0.39 is 60.2 Å². The molecule has 0 radical (unpaired) electrons. The van der Waals surface area contributed by atoms with Crippen molar-refractivity contribution in [1.29, 1.82) is 0 Å². The van der Waals surface area contributed by atoms with Gasteiger partial charge >= 0.3 is 5.97 Å². The first-order valence-corrected chi connectivity index (χ1v) is 23.7. The fourth-order valence-electron chi connectivity index (χ4n) is 8.67. The molecule has 4 amide bonds. The lowest BCUT2D eigenvalue weighted by atomic mass is 9.89. The van der Waals surface area contributed by atoms with Gasteiger partial charge in [-0.15, -0.1) is 0 Å². The molecular weight excluding hydrogens is 835 g/mol. The largest absolute Gasteiger partial charge is 0.462 e. The van der Waals surface area contributed by atoms with Crippen molar-refractivity contribution >= 4 is 29.6 Å². The summed E-state index contributed by atoms with van der Waals surface area (Å²) >= 11 is 0. The fourth-order valence-corrected chi connectivity index (χ4v) is 8.67. The highest BCUT2D eigenvalue weighted by atomic mass is 16.6. The van der Waals surface area contributed by atoms with Gasteiger partial charge in [-0.3, -0.25) is 24.1 Å². The van der Waals surface area contributed by atoms with E-state index in [1.54, 1.807) is 38.0 Å². The topological polar surface area (TPSA) is 175 Å². The van der Waals surface area contributed by atoms with Crippen LogP contribution in [0.25, 0.3) is 0 Å². The predicted molar refractivity (Wildman–Crippen MR) is 251 cm³/mol. The number of methoxy groups -OCH3 is 3. The molecule has 1 heterocycles. The van der Waals surface area contributed by atoms with Gasteiger partial charge in [-0.1, -0.05) is 85.2 Å². The van der Waals surface area contributed by atoms with E-state index in [1.165, 1.54) is 7.11 Å². The second-order valence-electron chi connectivity index (χ2n) is 18.4. The summed E-state index contributed by atoms with van der Waals surface area (Å²) in [5.74, 6) is -2.62. The van der Waals surface area contributed by atoms with E-state index >= 15 is 0 Å². The highest BCUT2D eigenvalue weighted by molar-refractivity contribution is 5.90. The van der Waals surface area contributed by atoms with Crippen LogP contribution in [0.4, 0.5) is 0 Å². The number of likely N-dealkylation sites (N-methyl/N-ethyl adjacent to an activating group) is 2. The Hall–Kier alpha value is -3.67. The van der Waals surface area contributed by atoms with Crippen LogP contribution in [-0.4, -0.2) is 174 Å². The molecule has 16 heteroatoms. The predicted octanol–water partition coefficient (Wildman–Crippen LogP) is 4.36. The van der Waals surface area contributed by atoms with Crippen LogP contribution in [0.3, 0.4) is 0 Å². The van der Waals surface area contributed by atoms with Crippen molar-refractivity contribution in [3.8, 4) is 0 Å². The van der Waals surface area contributed by atoms with Crippen LogP contribution < -0.4 is 10.6 Å². The average Bonchev–Trinajstić information content (AvgIpc) is 3.76. The van der Waals surface area contributed by atoms with Crippen LogP contribution in [0.2, 0.25) is 0 Å². The molecule has 1 aliphatic heterocycles. The van der Waals surface area contributed by atoms with Crippen LogP contribution in [0, 0.1) is 23.7 Å². The van der Waals surface area contributed by atoms with Crippen LogP contribution in [0.5, 0.6) is 0 Å². The molecule has 16 nitrogen and oxygen atoms in total. The van der Waals surface area contributed by atoms with Crippen LogP contribution in [0.1, 0.15) is 93.6 Å². The molecule has 2 N–H and O–H groups in total. The Morgan fingerprint density at radius 2 is 1.40 bits per heavy atom. The summed E-state index contributed by atoms with van der Waals surface area (Å²) in [5.41, 5.74) is 0.845. The number of hydrogen-bond acceptors (Lipinski definition) is 12. The Morgan fingerprint density at radius 1 is 0.785 bits per heavy atom. The zero-order chi connectivity index (χ0) is 48.8. The SMILES string of the molecule is CC[C@H](C)[C@@H](C(CC(=O)N1CCC[C@H]1[C@H](OC)C(C)C(=O)N[C@@H](Cc1ccccc1)C(=O)OCCOCCOCCOC)OC)N(C)C(=O)[C@@H](NC(=O)[C@H](C(C)C)N(C)C(C)C)C(C)C. The van der Waals surface area contributed by atoms with Gasteiger partial charge in [-0.2, -0.15) is 0 Å². The van der Waals surface area contributed by atoms with Crippen molar-refractivity contribution in [1.82, 2.24) is 25.3 Å². The van der Waals surface area contributed by atoms with Crippen molar-refractivity contribution in [3.05, 3.63) is 35.9 Å². The smallest absolute Gasteiger partial charge is 0.329 e. The molecule has 9 atom stereocenters. The maximum Gasteiger partial charge on any atom is 0.329 e. The van der Waals surface area contributed by atoms with E-state index in [0.717, 1.165) is 5.56 Å². The second-order valence-corrected chi connectivity index (χ2v) is 18.4. The summed E-state index contributed by atoms with van der Waals surface area (Å²) in [6.45, 7) is 20.0. The number of likely N-dealkylation sites (tertiary alicyclic amines) is 1. The number of carbonyl (C=O) groups excluding carboxylic acids is 5. The molecule has 0 bridgehead atoms. The van der Waals surface area contributed by atoms with E-state index in [1.807, 2.05) is 97.7 Å². The van der Waals surface area contributed by atoms with Gasteiger partial charge in [0.15, 0.2) is 0 Å². The maximum absolute atomic E-state index is 14.5. The lowest BCUT2D eigenvalue weighted by Crippen LogP contribution is -2.60. The maximum atomic E-state index is 14.5. The van der Waals surface area contributed by atoms with Crippen molar-refractivity contribution in [2.45, 2.75) is 143 Å². The lowest BCUT2D eigenvalue weighted by Gasteiger charge is -2.41. The number of benzene rings is 1. The summed E-state index contributed by atoms with van der Waals surface area (Å²) in [7, 11) is 8.34. The minimum absolute atomic E-state index is 0.00161. The Labute approximate surface area is 390 Å². The normalized spacial score (nSPS) is 17.9. The summed E-state index contributed by atoms with van der Waals surface area (Å²) in [5, 5.41) is 6.01. The third-order valence-electron chi connectivity index (χ3n) is 12.8. The molecule has 1 fully saturated rings. The number of esters is 1. The van der Waals surface area contributed by atoms with Gasteiger partial charge in [-0.25, -0.2) is 4.79 Å². The molecule has 2 rings (SSSR count). The molecule has 0 aromatic heterocycles. The van der Waals surface area contributed by atoms with Gasteiger partial charge in [0.05, 0.1) is 75.7 Å². The number of rotatable bonds is 31. The molecule has 1 aromatic rings. The van der Waals surface area contributed by atoms with Crippen molar-refractivity contribution < 1.29 is 52.4 Å². The van der Waals surface area contributed by atoms with E-state index in [-0.39, 0.29) is 67.6 Å². The summed E-state index contributed by atoms with van der Waals surface area (Å²) in [6.07, 6.45) is 0.870. The molecular formula is C49H85N5O11. The van der Waals surface area contributed by atoms with E-state index in [4.69, 9.17) is 28.4 Å². The van der Waals surface area contributed by atoms with Crippen LogP contribution >= 0.6 is 0 Å². The summed E-state index contributed by atoms with van der Waals surface area (Å²) in [4.78, 5) is 75.6. The number of hydrogen-bond donors (Lipinski definition) is 2. The quantitative estimate of drug-likeness (QED) is 0.0798. The van der Waals surface area contributed by atoms with Gasteiger partial charge in [0.2, 0.25) is 23.6 Å². The highest BCUT2D eigenvalue weighted by Gasteiger charge is 2.43. The number of ether oxygens (including phenoxy) is 6. The van der Waals surface area contributed by atoms with Crippen molar-refractivity contribution in [3.63, 3.8) is 0 Å². The van der Waals surface area contributed by atoms with Crippen LogP contribution in [-0.2, 0) is 58.8 Å². The Morgan fingerprint density at radius 3 is 1.94 bits per heavy atom. The standard InChI is InChI=1S/C49H85N5O11/c1-15-35(8)44(53(11)48(58)42(32(2)3)51-47(57)43(33(4)5)52(10)34(6)7)40(61-13)31-41(55)54-23-19-22-39(54)45(62-14)36(9)46(56)50-38(30-37-20-17-16-18-21-37)49(59)65-29-28-64-27-26-63-25-24-60-12/h16-18,20-21,32-36,38-40,42-45H,15,19,22-31H2,1-14H3,(H,50,56)(H,51,57)/t35-,36?,38-,39-,40?,42-,43-,44-,45+/m0/s1. The van der Waals surface area contributed by atoms with E-state index in [9.17, 15) is 24.0 Å². The van der Waals surface area contributed by atoms with Gasteiger partial charge in [-0.05, 0) is 57.1 Å². The Bertz CT molecular complexity index is 1570. The molecule has 1 saturated heterocycles. The summed E-state index contributed by atoms with van der Waals surface area (Å²) in [6, 6.07) is 6.38. The monoisotopic (exact) mass is 920 g/mol. The molecule has 1 aliphatic rings. The molecule has 65 heavy (non-hydrogen) atoms. The molecule has 0 aliphatic carbocycles. The summed E-state index contributed by atoms with van der Waals surface area (Å²) < 4.78 is 33.5. The zero-order valence-electron chi connectivity index (χ0n) is 42.1. The third kappa shape index (κ3) is 17.8. The number of carbonyl (C=O) groups is 5. The third-order valence-corrected chi connectivity index (χ3v) is 12.8. The highest BCUT2D eigenvalue weighted by Crippen LogP contribution is 2.30. The number of amides is 4. The van der Waals surface area contributed by atoms with Crippen molar-refractivity contribution in [2.24, 2.45) is 23.7 Å². The van der Waals surface area contributed by atoms with Crippen molar-refractivity contribution in [2.75, 3.05) is 81.6 Å². The molecule has 0 spiro atoms. The zero-order valence-corrected chi connectivity index (χ0v) is 42.1. The first kappa shape index (κ1) is 57.5.